The van der Waals surface area contributed by atoms with Crippen LogP contribution < -0.4 is 5.32 Å². The molecule has 4 rings (SSSR count). The number of nitro groups is 1. The van der Waals surface area contributed by atoms with E-state index in [1.54, 1.807) is 13.0 Å². The average Bonchev–Trinajstić information content (AvgIpc) is 3.45. The van der Waals surface area contributed by atoms with Gasteiger partial charge in [0.25, 0.3) is 5.91 Å². The molecule has 1 amide bonds. The number of nitrogens with zero attached hydrogens (tertiary/aromatic N) is 6. The summed E-state index contributed by atoms with van der Waals surface area (Å²) in [5, 5.41) is 25.8. The summed E-state index contributed by atoms with van der Waals surface area (Å²) in [6, 6.07) is 11.1. The number of rotatable bonds is 7. The first-order chi connectivity index (χ1) is 15.3. The molecule has 0 atom stereocenters. The molecule has 0 unspecified atom stereocenters. The van der Waals surface area contributed by atoms with Crippen molar-refractivity contribution in [2.45, 2.75) is 33.9 Å². The molecule has 4 aromatic rings. The summed E-state index contributed by atoms with van der Waals surface area (Å²) in [5.74, 6) is 0.0517. The zero-order valence-corrected chi connectivity index (χ0v) is 17.8. The van der Waals surface area contributed by atoms with Crippen LogP contribution >= 0.6 is 0 Å². The van der Waals surface area contributed by atoms with E-state index in [0.29, 0.717) is 23.7 Å². The number of amides is 1. The summed E-state index contributed by atoms with van der Waals surface area (Å²) in [6.45, 7) is 6.31. The Hall–Kier alpha value is -4.28. The molecule has 0 fully saturated rings. The SMILES string of the molecule is Cc1ccccc1Cn1nc(NC(=O)c2noc(C)c2Cn2ccc([N+](=O)[O-])n2)cc1C. The molecular weight excluding hydrogens is 414 g/mol. The molecule has 1 N–H and O–H groups in total. The summed E-state index contributed by atoms with van der Waals surface area (Å²) < 4.78 is 8.36. The van der Waals surface area contributed by atoms with Gasteiger partial charge in [-0.1, -0.05) is 29.4 Å². The number of benzene rings is 1. The van der Waals surface area contributed by atoms with Gasteiger partial charge in [0.05, 0.1) is 36.0 Å². The van der Waals surface area contributed by atoms with Crippen LogP contribution in [0.3, 0.4) is 0 Å². The molecule has 0 radical (unpaired) electrons. The molecule has 32 heavy (non-hydrogen) atoms. The van der Waals surface area contributed by atoms with Gasteiger partial charge in [0, 0.05) is 11.8 Å². The quantitative estimate of drug-likeness (QED) is 0.348. The molecule has 0 aliphatic carbocycles. The molecule has 11 nitrogen and oxygen atoms in total. The van der Waals surface area contributed by atoms with E-state index in [-0.39, 0.29) is 18.1 Å². The molecule has 0 saturated heterocycles. The number of anilines is 1. The molecule has 11 heteroatoms. The minimum atomic E-state index is -0.583. The summed E-state index contributed by atoms with van der Waals surface area (Å²) in [5.41, 5.74) is 3.75. The fourth-order valence-electron chi connectivity index (χ4n) is 3.31. The number of aryl methyl sites for hydroxylation is 3. The Bertz CT molecular complexity index is 1300. The number of carbonyl (C=O) groups is 1. The van der Waals surface area contributed by atoms with Gasteiger partial charge in [0.2, 0.25) is 0 Å². The lowest BCUT2D eigenvalue weighted by Crippen LogP contribution is -2.16. The average molecular weight is 435 g/mol. The minimum absolute atomic E-state index is 0.0757. The second-order valence-corrected chi connectivity index (χ2v) is 7.40. The zero-order valence-electron chi connectivity index (χ0n) is 17.8. The number of nitrogens with one attached hydrogen (secondary N) is 1. The van der Waals surface area contributed by atoms with E-state index in [1.165, 1.54) is 16.9 Å². The first kappa shape index (κ1) is 21.0. The minimum Gasteiger partial charge on any atom is -0.361 e. The summed E-state index contributed by atoms with van der Waals surface area (Å²) in [6.07, 6.45) is 1.46. The zero-order chi connectivity index (χ0) is 22.8. The maximum absolute atomic E-state index is 12.9. The Kier molecular flexibility index (Phi) is 5.54. The van der Waals surface area contributed by atoms with Gasteiger partial charge >= 0.3 is 5.82 Å². The first-order valence-corrected chi connectivity index (χ1v) is 9.85. The van der Waals surface area contributed by atoms with E-state index in [0.717, 1.165) is 16.8 Å². The van der Waals surface area contributed by atoms with Crippen molar-refractivity contribution in [3.8, 4) is 0 Å². The highest BCUT2D eigenvalue weighted by atomic mass is 16.6. The monoisotopic (exact) mass is 435 g/mol. The van der Waals surface area contributed by atoms with Crippen molar-refractivity contribution < 1.29 is 14.2 Å². The van der Waals surface area contributed by atoms with Crippen molar-refractivity contribution in [1.29, 1.82) is 0 Å². The van der Waals surface area contributed by atoms with Gasteiger partial charge in [-0.3, -0.25) is 9.48 Å². The fraction of sp³-hybridized carbons (Fsp3) is 0.238. The third kappa shape index (κ3) is 4.26. The van der Waals surface area contributed by atoms with Gasteiger partial charge in [0.1, 0.15) is 5.76 Å². The van der Waals surface area contributed by atoms with Gasteiger partial charge in [-0.05, 0) is 36.8 Å². The van der Waals surface area contributed by atoms with Crippen LogP contribution in [0.2, 0.25) is 0 Å². The van der Waals surface area contributed by atoms with E-state index in [2.05, 4.69) is 20.7 Å². The van der Waals surface area contributed by atoms with Crippen LogP contribution in [0.1, 0.15) is 38.6 Å². The molecule has 1 aromatic carbocycles. The fourth-order valence-corrected chi connectivity index (χ4v) is 3.31. The van der Waals surface area contributed by atoms with E-state index in [1.807, 2.05) is 42.8 Å². The van der Waals surface area contributed by atoms with Crippen LogP contribution in [-0.4, -0.2) is 35.5 Å². The topological polar surface area (TPSA) is 134 Å². The van der Waals surface area contributed by atoms with Crippen LogP contribution in [0.4, 0.5) is 11.6 Å². The molecule has 164 valence electrons. The Labute approximate surface area is 182 Å². The van der Waals surface area contributed by atoms with Crippen molar-refractivity contribution in [3.05, 3.63) is 86.5 Å². The highest BCUT2D eigenvalue weighted by Gasteiger charge is 2.23. The van der Waals surface area contributed by atoms with Crippen molar-refractivity contribution in [2.75, 3.05) is 5.32 Å². The Morgan fingerprint density at radius 2 is 1.94 bits per heavy atom. The highest BCUT2D eigenvalue weighted by Crippen LogP contribution is 2.19. The number of aromatic nitrogens is 5. The molecule has 0 saturated carbocycles. The van der Waals surface area contributed by atoms with E-state index in [9.17, 15) is 14.9 Å². The summed E-state index contributed by atoms with van der Waals surface area (Å²) in [4.78, 5) is 23.1. The molecule has 0 bridgehead atoms. The van der Waals surface area contributed by atoms with Crippen LogP contribution in [0.5, 0.6) is 0 Å². The summed E-state index contributed by atoms with van der Waals surface area (Å²) in [7, 11) is 0. The van der Waals surface area contributed by atoms with Gasteiger partial charge < -0.3 is 20.0 Å². The Balaban J connectivity index is 1.51. The molecule has 0 aliphatic rings. The van der Waals surface area contributed by atoms with Crippen molar-refractivity contribution in [3.63, 3.8) is 0 Å². The number of carbonyl (C=O) groups excluding carboxylic acids is 1. The van der Waals surface area contributed by atoms with Crippen LogP contribution in [0.15, 0.2) is 47.1 Å². The molecule has 0 aliphatic heterocycles. The maximum Gasteiger partial charge on any atom is 0.389 e. The van der Waals surface area contributed by atoms with Crippen molar-refractivity contribution in [2.24, 2.45) is 0 Å². The largest absolute Gasteiger partial charge is 0.389 e. The van der Waals surface area contributed by atoms with Crippen LogP contribution in [0.25, 0.3) is 0 Å². The number of hydrogen-bond donors (Lipinski definition) is 1. The summed E-state index contributed by atoms with van der Waals surface area (Å²) >= 11 is 0. The predicted octanol–water partition coefficient (Wildman–Crippen LogP) is 3.25. The van der Waals surface area contributed by atoms with Gasteiger partial charge in [-0.15, -0.1) is 0 Å². The Morgan fingerprint density at radius 3 is 2.66 bits per heavy atom. The predicted molar refractivity (Wildman–Crippen MR) is 114 cm³/mol. The van der Waals surface area contributed by atoms with Crippen molar-refractivity contribution in [1.82, 2.24) is 24.7 Å². The lowest BCUT2D eigenvalue weighted by Gasteiger charge is -2.07. The normalized spacial score (nSPS) is 11.0. The van der Waals surface area contributed by atoms with Gasteiger partial charge in [-0.2, -0.15) is 9.78 Å². The lowest BCUT2D eigenvalue weighted by molar-refractivity contribution is -0.389. The maximum atomic E-state index is 12.9. The smallest absolute Gasteiger partial charge is 0.361 e. The second kappa shape index (κ2) is 8.46. The van der Waals surface area contributed by atoms with E-state index in [4.69, 9.17) is 4.52 Å². The van der Waals surface area contributed by atoms with E-state index >= 15 is 0 Å². The third-order valence-electron chi connectivity index (χ3n) is 5.14. The standard InChI is InChI=1S/C21H21N7O4/c1-13-6-4-5-7-16(13)11-27-14(2)10-18(23-27)22-21(29)20-17(15(3)32-25-20)12-26-9-8-19(24-26)28(30)31/h4-10H,11-12H2,1-3H3,(H,22,23,29). The first-order valence-electron chi connectivity index (χ1n) is 9.85. The molecule has 3 aromatic heterocycles. The van der Waals surface area contributed by atoms with E-state index < -0.39 is 10.8 Å². The third-order valence-corrected chi connectivity index (χ3v) is 5.14. The van der Waals surface area contributed by atoms with Crippen LogP contribution in [-0.2, 0) is 13.1 Å². The second-order valence-electron chi connectivity index (χ2n) is 7.40. The Morgan fingerprint density at radius 1 is 1.16 bits per heavy atom. The van der Waals surface area contributed by atoms with Crippen molar-refractivity contribution >= 4 is 17.5 Å². The molecule has 3 heterocycles. The van der Waals surface area contributed by atoms with Gasteiger partial charge in [0.15, 0.2) is 11.5 Å². The van der Waals surface area contributed by atoms with Crippen LogP contribution in [0, 0.1) is 30.9 Å². The van der Waals surface area contributed by atoms with Gasteiger partial charge in [-0.25, -0.2) is 0 Å². The highest BCUT2D eigenvalue weighted by molar-refractivity contribution is 6.03. The molecular formula is C21H21N7O4. The molecule has 0 spiro atoms. The lowest BCUT2D eigenvalue weighted by atomic mass is 10.1. The number of hydrogen-bond acceptors (Lipinski definition) is 7.